The van der Waals surface area contributed by atoms with Crippen LogP contribution in [0.5, 0.6) is 0 Å². The van der Waals surface area contributed by atoms with E-state index in [4.69, 9.17) is 0 Å². The molecule has 0 aromatic carbocycles. The smallest absolute Gasteiger partial charge is 0.243 e. The van der Waals surface area contributed by atoms with Crippen LogP contribution in [-0.2, 0) is 9.59 Å². The molecule has 0 aliphatic carbocycles. The fourth-order valence-electron chi connectivity index (χ4n) is 1.04. The average molecular weight is 198 g/mol. The van der Waals surface area contributed by atoms with Crippen LogP contribution >= 0.6 is 0 Å². The van der Waals surface area contributed by atoms with Crippen LogP contribution < -0.4 is 10.6 Å². The van der Waals surface area contributed by atoms with Gasteiger partial charge in [-0.2, -0.15) is 0 Å². The van der Waals surface area contributed by atoms with Crippen LogP contribution in [-0.4, -0.2) is 24.4 Å². The van der Waals surface area contributed by atoms with Gasteiger partial charge in [0.05, 0.1) is 0 Å². The summed E-state index contributed by atoms with van der Waals surface area (Å²) in [5.74, 6) is -0.295. The van der Waals surface area contributed by atoms with E-state index in [-0.39, 0.29) is 17.7 Å². The Morgan fingerprint density at radius 2 is 2.00 bits per heavy atom. The van der Waals surface area contributed by atoms with Crippen molar-refractivity contribution in [3.8, 4) is 0 Å². The summed E-state index contributed by atoms with van der Waals surface area (Å²) in [5.41, 5.74) is 0. The molecule has 0 aliphatic rings. The van der Waals surface area contributed by atoms with Crippen molar-refractivity contribution in [1.29, 1.82) is 0 Å². The van der Waals surface area contributed by atoms with Crippen molar-refractivity contribution in [3.05, 3.63) is 12.7 Å². The first kappa shape index (κ1) is 12.7. The summed E-state index contributed by atoms with van der Waals surface area (Å²) >= 11 is 0. The minimum atomic E-state index is -0.465. The maximum Gasteiger partial charge on any atom is 0.243 e. The first-order valence-electron chi connectivity index (χ1n) is 4.64. The van der Waals surface area contributed by atoms with E-state index in [1.807, 2.05) is 13.8 Å². The molecule has 0 saturated carbocycles. The molecule has 0 fully saturated rings. The molecule has 14 heavy (non-hydrogen) atoms. The van der Waals surface area contributed by atoms with E-state index in [9.17, 15) is 9.59 Å². The van der Waals surface area contributed by atoms with Gasteiger partial charge < -0.3 is 10.6 Å². The second kappa shape index (κ2) is 6.18. The lowest BCUT2D eigenvalue weighted by Gasteiger charge is -2.20. The summed E-state index contributed by atoms with van der Waals surface area (Å²) in [5, 5.41) is 5.25. The highest BCUT2D eigenvalue weighted by Gasteiger charge is 2.21. The number of hydrogen-bond donors (Lipinski definition) is 2. The van der Waals surface area contributed by atoms with Gasteiger partial charge >= 0.3 is 0 Å². The molecule has 0 spiro atoms. The molecule has 4 nitrogen and oxygen atoms in total. The zero-order valence-electron chi connectivity index (χ0n) is 8.96. The predicted molar refractivity (Wildman–Crippen MR) is 55.6 cm³/mol. The Labute approximate surface area is 84.8 Å². The van der Waals surface area contributed by atoms with Crippen molar-refractivity contribution in [2.75, 3.05) is 6.54 Å². The number of amides is 2. The largest absolute Gasteiger partial charge is 0.351 e. The molecule has 0 aromatic rings. The molecule has 0 aliphatic heterocycles. The summed E-state index contributed by atoms with van der Waals surface area (Å²) in [6.07, 6.45) is 1.60. The van der Waals surface area contributed by atoms with E-state index in [1.54, 1.807) is 6.08 Å². The molecule has 1 unspecified atom stereocenters. The van der Waals surface area contributed by atoms with Crippen molar-refractivity contribution in [3.63, 3.8) is 0 Å². The fraction of sp³-hybridized carbons (Fsp3) is 0.600. The molecule has 4 heteroatoms. The summed E-state index contributed by atoms with van der Waals surface area (Å²) in [4.78, 5) is 22.3. The monoisotopic (exact) mass is 198 g/mol. The number of hydrogen-bond acceptors (Lipinski definition) is 2. The van der Waals surface area contributed by atoms with E-state index in [1.165, 1.54) is 6.92 Å². The molecule has 0 radical (unpaired) electrons. The Morgan fingerprint density at radius 1 is 1.43 bits per heavy atom. The van der Waals surface area contributed by atoms with Crippen LogP contribution in [0.2, 0.25) is 0 Å². The Morgan fingerprint density at radius 3 is 2.36 bits per heavy atom. The van der Waals surface area contributed by atoms with Gasteiger partial charge in [-0.3, -0.25) is 9.59 Å². The van der Waals surface area contributed by atoms with Gasteiger partial charge in [-0.05, 0) is 5.92 Å². The van der Waals surface area contributed by atoms with E-state index < -0.39 is 6.04 Å². The standard InChI is InChI=1S/C10H18N2O2/c1-5-6-11-10(14)9(7(2)3)12-8(4)13/h5,7,9H,1,6H2,2-4H3,(H,11,14)(H,12,13). The summed E-state index contributed by atoms with van der Waals surface area (Å²) in [6, 6.07) is -0.465. The maximum absolute atomic E-state index is 11.5. The van der Waals surface area contributed by atoms with Gasteiger partial charge in [0.1, 0.15) is 6.04 Å². The topological polar surface area (TPSA) is 58.2 Å². The SMILES string of the molecule is C=CCNC(=O)C(NC(C)=O)C(C)C. The lowest BCUT2D eigenvalue weighted by atomic mass is 10.0. The van der Waals surface area contributed by atoms with E-state index >= 15 is 0 Å². The minimum Gasteiger partial charge on any atom is -0.351 e. The van der Waals surface area contributed by atoms with Gasteiger partial charge in [0.25, 0.3) is 0 Å². The van der Waals surface area contributed by atoms with Gasteiger partial charge in [0.2, 0.25) is 11.8 Å². The third kappa shape index (κ3) is 4.64. The lowest BCUT2D eigenvalue weighted by molar-refractivity contribution is -0.129. The van der Waals surface area contributed by atoms with Gasteiger partial charge in [-0.1, -0.05) is 19.9 Å². The fourth-order valence-corrected chi connectivity index (χ4v) is 1.04. The van der Waals surface area contributed by atoms with Gasteiger partial charge in [0.15, 0.2) is 0 Å². The van der Waals surface area contributed by atoms with Crippen molar-refractivity contribution >= 4 is 11.8 Å². The molecule has 1 atom stereocenters. The molecule has 0 rings (SSSR count). The van der Waals surface area contributed by atoms with Crippen LogP contribution in [0.15, 0.2) is 12.7 Å². The maximum atomic E-state index is 11.5. The van der Waals surface area contributed by atoms with Crippen molar-refractivity contribution in [2.45, 2.75) is 26.8 Å². The Kier molecular flexibility index (Phi) is 5.60. The quantitative estimate of drug-likeness (QED) is 0.630. The molecule has 0 saturated heterocycles. The molecule has 80 valence electrons. The average Bonchev–Trinajstić information content (AvgIpc) is 2.09. The third-order valence-corrected chi connectivity index (χ3v) is 1.73. The summed E-state index contributed by atoms with van der Waals surface area (Å²) in [6.45, 7) is 9.08. The van der Waals surface area contributed by atoms with Crippen molar-refractivity contribution in [1.82, 2.24) is 10.6 Å². The Hall–Kier alpha value is -1.32. The molecule has 0 heterocycles. The van der Waals surface area contributed by atoms with Gasteiger partial charge in [-0.25, -0.2) is 0 Å². The third-order valence-electron chi connectivity index (χ3n) is 1.73. The van der Waals surface area contributed by atoms with Crippen LogP contribution in [0.25, 0.3) is 0 Å². The highest BCUT2D eigenvalue weighted by atomic mass is 16.2. The van der Waals surface area contributed by atoms with E-state index in [0.29, 0.717) is 6.54 Å². The minimum absolute atomic E-state index is 0.0729. The second-order valence-electron chi connectivity index (χ2n) is 3.46. The molecule has 2 N–H and O–H groups in total. The molecule has 2 amide bonds. The zero-order chi connectivity index (χ0) is 11.1. The Bertz CT molecular complexity index is 224. The predicted octanol–water partition coefficient (Wildman–Crippen LogP) is 0.449. The van der Waals surface area contributed by atoms with Crippen LogP contribution in [0, 0.1) is 5.92 Å². The zero-order valence-corrected chi connectivity index (χ0v) is 8.96. The molecular formula is C10H18N2O2. The summed E-state index contributed by atoms with van der Waals surface area (Å²) in [7, 11) is 0. The Balaban J connectivity index is 4.25. The highest BCUT2D eigenvalue weighted by molar-refractivity contribution is 5.87. The van der Waals surface area contributed by atoms with Crippen LogP contribution in [0.1, 0.15) is 20.8 Å². The van der Waals surface area contributed by atoms with Crippen LogP contribution in [0.3, 0.4) is 0 Å². The number of rotatable bonds is 5. The highest BCUT2D eigenvalue weighted by Crippen LogP contribution is 2.01. The number of carbonyl (C=O) groups excluding carboxylic acids is 2. The van der Waals surface area contributed by atoms with E-state index in [2.05, 4.69) is 17.2 Å². The van der Waals surface area contributed by atoms with Gasteiger partial charge in [-0.15, -0.1) is 6.58 Å². The molecular weight excluding hydrogens is 180 g/mol. The first-order chi connectivity index (χ1) is 6.49. The number of carbonyl (C=O) groups is 2. The first-order valence-corrected chi connectivity index (χ1v) is 4.64. The molecule has 0 bridgehead atoms. The summed E-state index contributed by atoms with van der Waals surface area (Å²) < 4.78 is 0. The second-order valence-corrected chi connectivity index (χ2v) is 3.46. The van der Waals surface area contributed by atoms with Crippen LogP contribution in [0.4, 0.5) is 0 Å². The molecule has 0 aromatic heterocycles. The number of nitrogens with one attached hydrogen (secondary N) is 2. The lowest BCUT2D eigenvalue weighted by Crippen LogP contribution is -2.49. The normalized spacial score (nSPS) is 12.0. The van der Waals surface area contributed by atoms with E-state index in [0.717, 1.165) is 0 Å². The van der Waals surface area contributed by atoms with Crippen molar-refractivity contribution < 1.29 is 9.59 Å². The van der Waals surface area contributed by atoms with Crippen molar-refractivity contribution in [2.24, 2.45) is 5.92 Å². The van der Waals surface area contributed by atoms with Gasteiger partial charge in [0, 0.05) is 13.5 Å².